The molecule has 0 atom stereocenters. The number of pyridine rings is 2. The number of fused-ring (bicyclic) bond motifs is 1. The van der Waals surface area contributed by atoms with Crippen molar-refractivity contribution in [3.05, 3.63) is 45.2 Å². The van der Waals surface area contributed by atoms with E-state index in [2.05, 4.69) is 26.3 Å². The monoisotopic (exact) mass is 424 g/mol. The van der Waals surface area contributed by atoms with Crippen molar-refractivity contribution in [3.63, 3.8) is 0 Å². The second-order valence-corrected chi connectivity index (χ2v) is 7.70. The Kier molecular flexibility index (Phi) is 6.01. The molecule has 8 nitrogen and oxygen atoms in total. The van der Waals surface area contributed by atoms with Gasteiger partial charge < -0.3 is 14.8 Å². The van der Waals surface area contributed by atoms with Crippen LogP contribution in [0.4, 0.5) is 5.82 Å². The zero-order chi connectivity index (χ0) is 21.1. The van der Waals surface area contributed by atoms with Crippen molar-refractivity contribution in [3.8, 4) is 18.0 Å². The summed E-state index contributed by atoms with van der Waals surface area (Å²) in [5.41, 5.74) is 4.27. The van der Waals surface area contributed by atoms with E-state index in [0.29, 0.717) is 43.6 Å². The van der Waals surface area contributed by atoms with Crippen molar-refractivity contribution in [2.24, 2.45) is 0 Å². The molecule has 4 rings (SSSR count). The van der Waals surface area contributed by atoms with Gasteiger partial charge in [-0.25, -0.2) is 9.97 Å². The van der Waals surface area contributed by atoms with Crippen LogP contribution in [-0.4, -0.2) is 47.3 Å². The Balaban J connectivity index is 1.52. The quantitative estimate of drug-likeness (QED) is 0.557. The van der Waals surface area contributed by atoms with Crippen molar-refractivity contribution in [1.29, 1.82) is 10.5 Å². The first-order valence-electron chi connectivity index (χ1n) is 9.74. The smallest absolute Gasteiger partial charge is 0.213 e. The predicted octanol–water partition coefficient (Wildman–Crippen LogP) is 2.58. The average Bonchev–Trinajstić information content (AvgIpc) is 2.70. The second-order valence-electron chi connectivity index (χ2n) is 7.34. The molecule has 2 aromatic heterocycles. The van der Waals surface area contributed by atoms with Crippen molar-refractivity contribution >= 4 is 17.4 Å². The van der Waals surface area contributed by atoms with Gasteiger partial charge in [-0.1, -0.05) is 17.7 Å². The molecule has 0 aliphatic carbocycles. The van der Waals surface area contributed by atoms with Crippen LogP contribution in [0.15, 0.2) is 12.1 Å². The summed E-state index contributed by atoms with van der Waals surface area (Å²) >= 11 is 6.25. The molecular formula is C21H21ClN6O2. The Morgan fingerprint density at radius 1 is 1.30 bits per heavy atom. The van der Waals surface area contributed by atoms with E-state index in [1.54, 1.807) is 0 Å². The van der Waals surface area contributed by atoms with Crippen LogP contribution in [0.1, 0.15) is 27.9 Å². The van der Waals surface area contributed by atoms with Crippen LogP contribution in [0.25, 0.3) is 0 Å². The minimum absolute atomic E-state index is 0.0907. The first-order valence-corrected chi connectivity index (χ1v) is 10.1. The maximum Gasteiger partial charge on any atom is 0.213 e. The highest BCUT2D eigenvalue weighted by atomic mass is 35.5. The number of hydrogen-bond donors (Lipinski definition) is 1. The fourth-order valence-corrected chi connectivity index (χ4v) is 3.91. The summed E-state index contributed by atoms with van der Waals surface area (Å²) in [4.78, 5) is 11.1. The highest BCUT2D eigenvalue weighted by Crippen LogP contribution is 2.32. The molecule has 4 heterocycles. The summed E-state index contributed by atoms with van der Waals surface area (Å²) in [7, 11) is 0. The molecule has 9 heteroatoms. The van der Waals surface area contributed by atoms with Gasteiger partial charge in [0.15, 0.2) is 0 Å². The standard InChI is InChI=1S/C21H21ClN6O2/c1-13-14(2-3-19(26-13)30-15-11-29-12-15)9-28-7-4-16-18(10-28)17(8-24)20(22)27-21(16)25-6-5-23/h2-3,15H,4,6-7,9-12H2,1H3,(H,25,27). The summed E-state index contributed by atoms with van der Waals surface area (Å²) in [6, 6.07) is 8.17. The van der Waals surface area contributed by atoms with Gasteiger partial charge in [0.05, 0.1) is 24.8 Å². The van der Waals surface area contributed by atoms with Crippen LogP contribution < -0.4 is 10.1 Å². The normalized spacial score (nSPS) is 16.1. The largest absolute Gasteiger partial charge is 0.469 e. The van der Waals surface area contributed by atoms with Gasteiger partial charge in [-0.05, 0) is 24.5 Å². The fourth-order valence-electron chi connectivity index (χ4n) is 3.67. The molecule has 0 spiro atoms. The molecule has 0 radical (unpaired) electrons. The summed E-state index contributed by atoms with van der Waals surface area (Å²) in [5, 5.41) is 21.6. The lowest BCUT2D eigenvalue weighted by molar-refractivity contribution is -0.0813. The summed E-state index contributed by atoms with van der Waals surface area (Å²) < 4.78 is 10.9. The maximum atomic E-state index is 9.59. The number of nitriles is 2. The van der Waals surface area contributed by atoms with E-state index in [4.69, 9.17) is 26.3 Å². The van der Waals surface area contributed by atoms with Crippen molar-refractivity contribution in [1.82, 2.24) is 14.9 Å². The molecule has 1 saturated heterocycles. The van der Waals surface area contributed by atoms with Gasteiger partial charge in [-0.2, -0.15) is 10.5 Å². The Bertz CT molecular complexity index is 1040. The van der Waals surface area contributed by atoms with Gasteiger partial charge in [0.1, 0.15) is 29.7 Å². The van der Waals surface area contributed by atoms with E-state index in [0.717, 1.165) is 35.3 Å². The third kappa shape index (κ3) is 4.17. The fraction of sp³-hybridized carbons (Fsp3) is 0.429. The number of aromatic nitrogens is 2. The Morgan fingerprint density at radius 3 is 2.80 bits per heavy atom. The average molecular weight is 425 g/mol. The molecule has 30 heavy (non-hydrogen) atoms. The minimum Gasteiger partial charge on any atom is -0.469 e. The Labute approximate surface area is 180 Å². The van der Waals surface area contributed by atoms with Gasteiger partial charge in [0.2, 0.25) is 5.88 Å². The van der Waals surface area contributed by atoms with E-state index < -0.39 is 0 Å². The summed E-state index contributed by atoms with van der Waals surface area (Å²) in [6.45, 7) is 5.43. The molecule has 1 N–H and O–H groups in total. The Hall–Kier alpha value is -2.91. The number of ether oxygens (including phenoxy) is 2. The van der Waals surface area contributed by atoms with Crippen LogP contribution >= 0.6 is 11.6 Å². The van der Waals surface area contributed by atoms with E-state index >= 15 is 0 Å². The van der Waals surface area contributed by atoms with Gasteiger partial charge in [0.25, 0.3) is 0 Å². The number of hydrogen-bond acceptors (Lipinski definition) is 8. The van der Waals surface area contributed by atoms with Gasteiger partial charge in [-0.3, -0.25) is 4.90 Å². The highest BCUT2D eigenvalue weighted by molar-refractivity contribution is 6.30. The van der Waals surface area contributed by atoms with E-state index in [1.807, 2.05) is 25.1 Å². The molecule has 0 unspecified atom stereocenters. The van der Waals surface area contributed by atoms with Crippen LogP contribution in [0.2, 0.25) is 5.15 Å². The van der Waals surface area contributed by atoms with Crippen molar-refractivity contribution in [2.45, 2.75) is 32.5 Å². The molecule has 0 amide bonds. The van der Waals surface area contributed by atoms with Crippen LogP contribution in [0, 0.1) is 29.6 Å². The lowest BCUT2D eigenvalue weighted by Gasteiger charge is -2.31. The molecule has 0 saturated carbocycles. The number of rotatable bonds is 6. The molecule has 2 aromatic rings. The van der Waals surface area contributed by atoms with Crippen molar-refractivity contribution < 1.29 is 9.47 Å². The second kappa shape index (κ2) is 8.85. The number of nitrogens with one attached hydrogen (secondary N) is 1. The number of nitrogens with zero attached hydrogens (tertiary/aromatic N) is 5. The SMILES string of the molecule is Cc1nc(OC2COC2)ccc1CN1CCc2c(NCC#N)nc(Cl)c(C#N)c2C1. The van der Waals surface area contributed by atoms with E-state index in [-0.39, 0.29) is 17.8 Å². The van der Waals surface area contributed by atoms with Gasteiger partial charge in [0, 0.05) is 37.0 Å². The third-order valence-electron chi connectivity index (χ3n) is 5.33. The van der Waals surface area contributed by atoms with Gasteiger partial charge in [-0.15, -0.1) is 0 Å². The molecule has 154 valence electrons. The number of anilines is 1. The van der Waals surface area contributed by atoms with Crippen molar-refractivity contribution in [2.75, 3.05) is 31.6 Å². The summed E-state index contributed by atoms with van der Waals surface area (Å²) in [5.74, 6) is 1.21. The number of halogens is 1. The van der Waals surface area contributed by atoms with Crippen LogP contribution in [0.3, 0.4) is 0 Å². The van der Waals surface area contributed by atoms with E-state index in [1.165, 1.54) is 0 Å². The topological polar surface area (TPSA) is 107 Å². The molecule has 2 aliphatic heterocycles. The molecular weight excluding hydrogens is 404 g/mol. The minimum atomic E-state index is 0.0907. The lowest BCUT2D eigenvalue weighted by atomic mass is 9.96. The highest BCUT2D eigenvalue weighted by Gasteiger charge is 2.26. The predicted molar refractivity (Wildman–Crippen MR) is 110 cm³/mol. The van der Waals surface area contributed by atoms with E-state index in [9.17, 15) is 5.26 Å². The molecule has 0 aromatic carbocycles. The lowest BCUT2D eigenvalue weighted by Crippen LogP contribution is -2.38. The number of aryl methyl sites for hydroxylation is 1. The maximum absolute atomic E-state index is 9.59. The zero-order valence-electron chi connectivity index (χ0n) is 16.6. The summed E-state index contributed by atoms with van der Waals surface area (Å²) in [6.07, 6.45) is 0.810. The van der Waals surface area contributed by atoms with Crippen LogP contribution in [0.5, 0.6) is 5.88 Å². The zero-order valence-corrected chi connectivity index (χ0v) is 17.4. The third-order valence-corrected chi connectivity index (χ3v) is 5.61. The van der Waals surface area contributed by atoms with Crippen LogP contribution in [-0.2, 0) is 24.2 Å². The molecule has 1 fully saturated rings. The van der Waals surface area contributed by atoms with Gasteiger partial charge >= 0.3 is 0 Å². The first kappa shape index (κ1) is 20.4. The molecule has 2 aliphatic rings. The molecule has 0 bridgehead atoms. The first-order chi connectivity index (χ1) is 14.6. The Morgan fingerprint density at radius 2 is 2.13 bits per heavy atom.